The Kier molecular flexibility index (Phi) is 6.90. The molecular formula is C30H54O3. The summed E-state index contributed by atoms with van der Waals surface area (Å²) in [5.41, 5.74) is -0.0218. The van der Waals surface area contributed by atoms with E-state index < -0.39 is 0 Å². The number of hydrogen-bond donors (Lipinski definition) is 3. The van der Waals surface area contributed by atoms with Gasteiger partial charge in [-0.1, -0.05) is 67.7 Å². The van der Waals surface area contributed by atoms with Crippen molar-refractivity contribution in [2.24, 2.45) is 57.2 Å². The van der Waals surface area contributed by atoms with Crippen molar-refractivity contribution < 1.29 is 15.3 Å². The first-order chi connectivity index (χ1) is 15.3. The molecular weight excluding hydrogens is 408 g/mol. The summed E-state index contributed by atoms with van der Waals surface area (Å²) in [5, 5.41) is 33.7. The molecule has 0 aromatic rings. The quantitative estimate of drug-likeness (QED) is 0.426. The number of aliphatic hydroxyl groups is 3. The van der Waals surface area contributed by atoms with Crippen molar-refractivity contribution in [3.63, 3.8) is 0 Å². The molecule has 0 amide bonds. The molecule has 0 heterocycles. The highest BCUT2D eigenvalue weighted by Gasteiger charge is 2.70. The molecule has 4 aliphatic carbocycles. The smallest absolute Gasteiger partial charge is 0.0594 e. The third-order valence-electron chi connectivity index (χ3n) is 12.6. The SMILES string of the molecule is CC(C)CCCC(C)C1CCC2(C)C3CCC4C(C)(C)C(O)CCC4(CO)C3C(O)CC12C. The summed E-state index contributed by atoms with van der Waals surface area (Å²) < 4.78 is 0. The van der Waals surface area contributed by atoms with E-state index in [0.717, 1.165) is 38.0 Å². The molecule has 0 bridgehead atoms. The minimum atomic E-state index is -0.336. The molecule has 10 unspecified atom stereocenters. The van der Waals surface area contributed by atoms with Gasteiger partial charge in [-0.2, -0.15) is 0 Å². The Labute approximate surface area is 204 Å². The van der Waals surface area contributed by atoms with Crippen LogP contribution in [0.15, 0.2) is 0 Å². The summed E-state index contributed by atoms with van der Waals surface area (Å²) in [7, 11) is 0. The van der Waals surface area contributed by atoms with Crippen molar-refractivity contribution >= 4 is 0 Å². The van der Waals surface area contributed by atoms with Gasteiger partial charge in [0.1, 0.15) is 0 Å². The van der Waals surface area contributed by atoms with E-state index in [1.165, 1.54) is 32.1 Å². The third-order valence-corrected chi connectivity index (χ3v) is 12.6. The van der Waals surface area contributed by atoms with Crippen molar-refractivity contribution in [3.8, 4) is 0 Å². The van der Waals surface area contributed by atoms with Gasteiger partial charge >= 0.3 is 0 Å². The summed E-state index contributed by atoms with van der Waals surface area (Å²) in [6, 6.07) is 0. The zero-order valence-electron chi connectivity index (χ0n) is 22.7. The lowest BCUT2D eigenvalue weighted by atomic mass is 9.37. The van der Waals surface area contributed by atoms with Crippen LogP contribution in [0.25, 0.3) is 0 Å². The van der Waals surface area contributed by atoms with E-state index >= 15 is 0 Å². The molecule has 0 radical (unpaired) electrons. The summed E-state index contributed by atoms with van der Waals surface area (Å²) in [4.78, 5) is 0. The Morgan fingerprint density at radius 2 is 1.55 bits per heavy atom. The lowest BCUT2D eigenvalue weighted by Crippen LogP contribution is -2.67. The fraction of sp³-hybridized carbons (Fsp3) is 1.00. The fourth-order valence-corrected chi connectivity index (χ4v) is 10.6. The topological polar surface area (TPSA) is 60.7 Å². The predicted molar refractivity (Wildman–Crippen MR) is 136 cm³/mol. The largest absolute Gasteiger partial charge is 0.396 e. The standard InChI is InChI=1S/C30H54O3/c1-19(2)9-8-10-20(3)21-13-15-28(6)22-11-12-24-27(4,5)25(33)14-16-30(24,18-31)26(22)23(32)17-29(21,28)7/h19-26,31-33H,8-18H2,1-7H3. The monoisotopic (exact) mass is 462 g/mol. The van der Waals surface area contributed by atoms with Gasteiger partial charge in [0.2, 0.25) is 0 Å². The molecule has 0 spiro atoms. The lowest BCUT2D eigenvalue weighted by Gasteiger charge is -2.68. The highest BCUT2D eigenvalue weighted by molar-refractivity contribution is 5.19. The summed E-state index contributed by atoms with van der Waals surface area (Å²) >= 11 is 0. The van der Waals surface area contributed by atoms with Crippen LogP contribution in [0, 0.1) is 57.2 Å². The van der Waals surface area contributed by atoms with Crippen LogP contribution < -0.4 is 0 Å². The van der Waals surface area contributed by atoms with Crippen LogP contribution in [0.3, 0.4) is 0 Å². The van der Waals surface area contributed by atoms with Crippen LogP contribution >= 0.6 is 0 Å². The molecule has 4 saturated carbocycles. The molecule has 10 atom stereocenters. The van der Waals surface area contributed by atoms with Gasteiger partial charge in [-0.25, -0.2) is 0 Å². The number of fused-ring (bicyclic) bond motifs is 5. The van der Waals surface area contributed by atoms with Crippen molar-refractivity contribution in [3.05, 3.63) is 0 Å². The first-order valence-corrected chi connectivity index (χ1v) is 14.3. The lowest BCUT2D eigenvalue weighted by molar-refractivity contribution is -0.249. The molecule has 3 N–H and O–H groups in total. The van der Waals surface area contributed by atoms with E-state index in [-0.39, 0.29) is 52.3 Å². The number of hydrogen-bond acceptors (Lipinski definition) is 3. The minimum Gasteiger partial charge on any atom is -0.396 e. The molecule has 4 fully saturated rings. The second-order valence-corrected chi connectivity index (χ2v) is 14.6. The van der Waals surface area contributed by atoms with Gasteiger partial charge in [0.05, 0.1) is 12.2 Å². The van der Waals surface area contributed by atoms with Gasteiger partial charge in [-0.3, -0.25) is 0 Å². The Morgan fingerprint density at radius 1 is 0.848 bits per heavy atom. The van der Waals surface area contributed by atoms with Crippen molar-refractivity contribution in [1.82, 2.24) is 0 Å². The van der Waals surface area contributed by atoms with Crippen molar-refractivity contribution in [1.29, 1.82) is 0 Å². The normalized spacial score (nSPS) is 49.9. The van der Waals surface area contributed by atoms with Crippen LogP contribution in [0.4, 0.5) is 0 Å². The number of aliphatic hydroxyl groups excluding tert-OH is 3. The molecule has 4 aliphatic rings. The van der Waals surface area contributed by atoms with Crippen LogP contribution in [-0.2, 0) is 0 Å². The Bertz CT molecular complexity index is 703. The first-order valence-electron chi connectivity index (χ1n) is 14.3. The van der Waals surface area contributed by atoms with Crippen LogP contribution in [0.1, 0.15) is 113 Å². The molecule has 0 aromatic carbocycles. The molecule has 0 aliphatic heterocycles. The Balaban J connectivity index is 1.64. The maximum Gasteiger partial charge on any atom is 0.0594 e. The minimum absolute atomic E-state index is 0.161. The average Bonchev–Trinajstić information content (AvgIpc) is 3.01. The van der Waals surface area contributed by atoms with Crippen molar-refractivity contribution in [2.45, 2.75) is 125 Å². The summed E-state index contributed by atoms with van der Waals surface area (Å²) in [5.74, 6) is 3.12. The van der Waals surface area contributed by atoms with E-state index in [1.54, 1.807) is 0 Å². The van der Waals surface area contributed by atoms with Gasteiger partial charge in [0.25, 0.3) is 0 Å². The fourth-order valence-electron chi connectivity index (χ4n) is 10.6. The molecule has 0 aromatic heterocycles. The predicted octanol–water partition coefficient (Wildman–Crippen LogP) is 6.44. The van der Waals surface area contributed by atoms with E-state index in [1.807, 2.05) is 0 Å². The second-order valence-electron chi connectivity index (χ2n) is 14.6. The summed E-state index contributed by atoms with van der Waals surface area (Å²) in [6.07, 6.45) is 10.6. The van der Waals surface area contributed by atoms with Gasteiger partial charge in [0, 0.05) is 12.0 Å². The second kappa shape index (κ2) is 8.77. The van der Waals surface area contributed by atoms with Gasteiger partial charge in [-0.05, 0) is 96.7 Å². The maximum absolute atomic E-state index is 11.9. The zero-order valence-corrected chi connectivity index (χ0v) is 22.7. The Morgan fingerprint density at radius 3 is 2.18 bits per heavy atom. The van der Waals surface area contributed by atoms with E-state index in [9.17, 15) is 15.3 Å². The van der Waals surface area contributed by atoms with Crippen LogP contribution in [0.2, 0.25) is 0 Å². The number of rotatable bonds is 6. The molecule has 33 heavy (non-hydrogen) atoms. The molecule has 3 nitrogen and oxygen atoms in total. The maximum atomic E-state index is 11.9. The Hall–Kier alpha value is -0.120. The van der Waals surface area contributed by atoms with Crippen LogP contribution in [-0.4, -0.2) is 34.1 Å². The van der Waals surface area contributed by atoms with E-state index in [4.69, 9.17) is 0 Å². The highest BCUT2D eigenvalue weighted by atomic mass is 16.3. The zero-order chi connectivity index (χ0) is 24.4. The van der Waals surface area contributed by atoms with Gasteiger partial charge < -0.3 is 15.3 Å². The summed E-state index contributed by atoms with van der Waals surface area (Å²) in [6.45, 7) is 16.8. The average molecular weight is 463 g/mol. The van der Waals surface area contributed by atoms with E-state index in [0.29, 0.717) is 17.8 Å². The van der Waals surface area contributed by atoms with Crippen LogP contribution in [0.5, 0.6) is 0 Å². The first kappa shape index (κ1) is 26.0. The van der Waals surface area contributed by atoms with E-state index in [2.05, 4.69) is 48.5 Å². The van der Waals surface area contributed by atoms with Gasteiger partial charge in [0.15, 0.2) is 0 Å². The third kappa shape index (κ3) is 3.69. The van der Waals surface area contributed by atoms with Crippen molar-refractivity contribution in [2.75, 3.05) is 6.61 Å². The molecule has 3 heteroatoms. The molecule has 0 saturated heterocycles. The molecule has 192 valence electrons. The van der Waals surface area contributed by atoms with Gasteiger partial charge in [-0.15, -0.1) is 0 Å². The molecule has 4 rings (SSSR count). The highest BCUT2D eigenvalue weighted by Crippen LogP contribution is 2.74.